The number of phenolic OH excluding ortho intramolecular Hbond substituents is 2. The molecule has 4 heteroatoms. The number of phenols is 2. The SMILES string of the molecule is Cc1cc(CN(CCO)Cc2cc(C)cc(C(C)(C)C)c2O)c(O)c(C(C)(C)C)c1. The van der Waals surface area contributed by atoms with Crippen molar-refractivity contribution in [3.63, 3.8) is 0 Å². The van der Waals surface area contributed by atoms with Crippen LogP contribution < -0.4 is 0 Å². The van der Waals surface area contributed by atoms with Gasteiger partial charge in [-0.25, -0.2) is 0 Å². The fraction of sp³-hybridized carbons (Fsp3) is 0.538. The van der Waals surface area contributed by atoms with E-state index >= 15 is 0 Å². The molecule has 0 aliphatic rings. The Morgan fingerprint density at radius 2 is 1.07 bits per heavy atom. The van der Waals surface area contributed by atoms with Crippen LogP contribution in [-0.4, -0.2) is 33.4 Å². The molecular weight excluding hydrogens is 374 g/mol. The van der Waals surface area contributed by atoms with Crippen LogP contribution in [0.3, 0.4) is 0 Å². The number of aryl methyl sites for hydroxylation is 2. The molecule has 0 atom stereocenters. The summed E-state index contributed by atoms with van der Waals surface area (Å²) < 4.78 is 0. The van der Waals surface area contributed by atoms with Crippen LogP contribution in [-0.2, 0) is 23.9 Å². The molecule has 3 N–H and O–H groups in total. The number of benzene rings is 2. The van der Waals surface area contributed by atoms with Gasteiger partial charge in [0.1, 0.15) is 11.5 Å². The van der Waals surface area contributed by atoms with Crippen molar-refractivity contribution in [2.75, 3.05) is 13.2 Å². The summed E-state index contributed by atoms with van der Waals surface area (Å²) in [6.07, 6.45) is 0. The van der Waals surface area contributed by atoms with Crippen LogP contribution >= 0.6 is 0 Å². The minimum Gasteiger partial charge on any atom is -0.507 e. The van der Waals surface area contributed by atoms with Gasteiger partial charge in [-0.1, -0.05) is 76.9 Å². The standard InChI is InChI=1S/C26H39NO3/c1-17-11-19(23(29)21(13-17)25(3,4)5)15-27(9-10-28)16-20-12-18(2)14-22(24(20)30)26(6,7)8/h11-14,28-30H,9-10,15-16H2,1-8H3. The number of rotatable bonds is 6. The highest BCUT2D eigenvalue weighted by Crippen LogP contribution is 2.37. The number of aliphatic hydroxyl groups excluding tert-OH is 1. The van der Waals surface area contributed by atoms with E-state index in [4.69, 9.17) is 0 Å². The molecule has 0 aliphatic carbocycles. The molecule has 0 unspecified atom stereocenters. The molecule has 2 rings (SSSR count). The van der Waals surface area contributed by atoms with Gasteiger partial charge in [0.15, 0.2) is 0 Å². The summed E-state index contributed by atoms with van der Waals surface area (Å²) in [4.78, 5) is 2.07. The van der Waals surface area contributed by atoms with E-state index in [1.165, 1.54) is 0 Å². The summed E-state index contributed by atoms with van der Waals surface area (Å²) in [7, 11) is 0. The molecule has 0 saturated heterocycles. The molecule has 2 aromatic rings. The summed E-state index contributed by atoms with van der Waals surface area (Å²) in [5, 5.41) is 31.5. The number of hydrogen-bond acceptors (Lipinski definition) is 4. The zero-order valence-electron chi connectivity index (χ0n) is 19.9. The van der Waals surface area contributed by atoms with Crippen molar-refractivity contribution in [1.82, 2.24) is 4.90 Å². The highest BCUT2D eigenvalue weighted by atomic mass is 16.3. The third-order valence-corrected chi connectivity index (χ3v) is 5.49. The maximum atomic E-state index is 10.9. The highest BCUT2D eigenvalue weighted by Gasteiger charge is 2.24. The Kier molecular flexibility index (Phi) is 7.26. The summed E-state index contributed by atoms with van der Waals surface area (Å²) >= 11 is 0. The Hall–Kier alpha value is -2.04. The van der Waals surface area contributed by atoms with Gasteiger partial charge in [-0.3, -0.25) is 4.90 Å². The largest absolute Gasteiger partial charge is 0.507 e. The minimum atomic E-state index is -0.164. The zero-order valence-corrected chi connectivity index (χ0v) is 19.9. The molecule has 0 radical (unpaired) electrons. The molecule has 0 aromatic heterocycles. The number of hydrogen-bond donors (Lipinski definition) is 3. The maximum Gasteiger partial charge on any atom is 0.123 e. The Bertz CT molecular complexity index is 817. The quantitative estimate of drug-likeness (QED) is 0.601. The fourth-order valence-electron chi connectivity index (χ4n) is 3.93. The zero-order chi connectivity index (χ0) is 22.9. The van der Waals surface area contributed by atoms with Gasteiger partial charge in [-0.2, -0.15) is 0 Å². The van der Waals surface area contributed by atoms with Crippen LogP contribution in [0, 0.1) is 13.8 Å². The van der Waals surface area contributed by atoms with Gasteiger partial charge in [0.2, 0.25) is 0 Å². The molecule has 0 bridgehead atoms. The lowest BCUT2D eigenvalue weighted by Crippen LogP contribution is -2.27. The Balaban J connectivity index is 2.42. The van der Waals surface area contributed by atoms with E-state index in [2.05, 4.69) is 46.4 Å². The second-order valence-corrected chi connectivity index (χ2v) is 10.6. The van der Waals surface area contributed by atoms with Crippen molar-refractivity contribution < 1.29 is 15.3 Å². The first-order valence-electron chi connectivity index (χ1n) is 10.7. The van der Waals surface area contributed by atoms with Crippen LogP contribution in [0.1, 0.15) is 74.9 Å². The Morgan fingerprint density at radius 3 is 1.37 bits per heavy atom. The smallest absolute Gasteiger partial charge is 0.123 e. The van der Waals surface area contributed by atoms with Crippen LogP contribution in [0.2, 0.25) is 0 Å². The van der Waals surface area contributed by atoms with Gasteiger partial charge >= 0.3 is 0 Å². The van der Waals surface area contributed by atoms with Gasteiger partial charge in [-0.15, -0.1) is 0 Å². The predicted molar refractivity (Wildman–Crippen MR) is 124 cm³/mol. The lowest BCUT2D eigenvalue weighted by Gasteiger charge is -2.28. The van der Waals surface area contributed by atoms with Gasteiger partial charge in [0, 0.05) is 30.8 Å². The molecule has 0 heterocycles. The molecular formula is C26H39NO3. The van der Waals surface area contributed by atoms with Gasteiger partial charge in [0.25, 0.3) is 0 Å². The molecule has 30 heavy (non-hydrogen) atoms. The van der Waals surface area contributed by atoms with Gasteiger partial charge < -0.3 is 15.3 Å². The summed E-state index contributed by atoms with van der Waals surface area (Å²) in [5.41, 5.74) is 5.42. The van der Waals surface area contributed by atoms with E-state index in [0.717, 1.165) is 33.4 Å². The number of nitrogens with zero attached hydrogens (tertiary/aromatic N) is 1. The highest BCUT2D eigenvalue weighted by molar-refractivity contribution is 5.48. The maximum absolute atomic E-state index is 10.9. The van der Waals surface area contributed by atoms with E-state index in [9.17, 15) is 15.3 Å². The van der Waals surface area contributed by atoms with Crippen molar-refractivity contribution in [3.05, 3.63) is 57.6 Å². The predicted octanol–water partition coefficient (Wildman–Crippen LogP) is 5.30. The van der Waals surface area contributed by atoms with Crippen molar-refractivity contribution in [1.29, 1.82) is 0 Å². The number of aromatic hydroxyl groups is 2. The van der Waals surface area contributed by atoms with E-state index in [0.29, 0.717) is 31.1 Å². The van der Waals surface area contributed by atoms with Gasteiger partial charge in [0.05, 0.1) is 6.61 Å². The molecule has 0 aliphatic heterocycles. The molecule has 0 spiro atoms. The third kappa shape index (κ3) is 5.77. The molecule has 0 fully saturated rings. The molecule has 4 nitrogen and oxygen atoms in total. The van der Waals surface area contributed by atoms with Gasteiger partial charge in [-0.05, 0) is 35.8 Å². The lowest BCUT2D eigenvalue weighted by molar-refractivity contribution is 0.181. The van der Waals surface area contributed by atoms with Crippen LogP contribution in [0.15, 0.2) is 24.3 Å². The van der Waals surface area contributed by atoms with Crippen LogP contribution in [0.25, 0.3) is 0 Å². The van der Waals surface area contributed by atoms with E-state index in [1.807, 2.05) is 38.1 Å². The summed E-state index contributed by atoms with van der Waals surface area (Å²) in [6.45, 7) is 18.1. The monoisotopic (exact) mass is 413 g/mol. The van der Waals surface area contributed by atoms with E-state index < -0.39 is 0 Å². The normalized spacial score (nSPS) is 12.6. The lowest BCUT2D eigenvalue weighted by atomic mass is 9.83. The third-order valence-electron chi connectivity index (χ3n) is 5.49. The minimum absolute atomic E-state index is 0.0113. The average molecular weight is 414 g/mol. The Labute approximate surface area is 182 Å². The molecule has 0 amide bonds. The fourth-order valence-corrected chi connectivity index (χ4v) is 3.93. The summed E-state index contributed by atoms with van der Waals surface area (Å²) in [6, 6.07) is 8.09. The van der Waals surface area contributed by atoms with Crippen LogP contribution in [0.5, 0.6) is 11.5 Å². The van der Waals surface area contributed by atoms with E-state index in [1.54, 1.807) is 0 Å². The molecule has 0 saturated carbocycles. The van der Waals surface area contributed by atoms with Crippen molar-refractivity contribution in [3.8, 4) is 11.5 Å². The second-order valence-electron chi connectivity index (χ2n) is 10.6. The average Bonchev–Trinajstić information content (AvgIpc) is 2.58. The topological polar surface area (TPSA) is 63.9 Å². The van der Waals surface area contributed by atoms with Crippen LogP contribution in [0.4, 0.5) is 0 Å². The number of aliphatic hydroxyl groups is 1. The van der Waals surface area contributed by atoms with Crippen molar-refractivity contribution in [2.45, 2.75) is 79.3 Å². The first kappa shape index (κ1) is 24.2. The molecule has 2 aromatic carbocycles. The van der Waals surface area contributed by atoms with Crippen molar-refractivity contribution in [2.24, 2.45) is 0 Å². The first-order chi connectivity index (χ1) is 13.7. The van der Waals surface area contributed by atoms with E-state index in [-0.39, 0.29) is 17.4 Å². The Morgan fingerprint density at radius 1 is 0.700 bits per heavy atom. The summed E-state index contributed by atoms with van der Waals surface area (Å²) in [5.74, 6) is 0.639. The second kappa shape index (κ2) is 8.99. The molecule has 166 valence electrons. The first-order valence-corrected chi connectivity index (χ1v) is 10.7. The van der Waals surface area contributed by atoms with Crippen molar-refractivity contribution >= 4 is 0 Å².